The van der Waals surface area contributed by atoms with Crippen LogP contribution in [0.2, 0.25) is 0 Å². The summed E-state index contributed by atoms with van der Waals surface area (Å²) in [6, 6.07) is 1.41. The van der Waals surface area contributed by atoms with Gasteiger partial charge in [-0.1, -0.05) is 0 Å². The molecule has 0 radical (unpaired) electrons. The number of halogens is 3. The van der Waals surface area contributed by atoms with Crippen LogP contribution in [-0.4, -0.2) is 13.3 Å². The van der Waals surface area contributed by atoms with Gasteiger partial charge in [-0.05, 0) is 15.9 Å². The van der Waals surface area contributed by atoms with Gasteiger partial charge >= 0.3 is 0 Å². The number of rotatable bonds is 2. The first-order valence-electron chi connectivity index (χ1n) is 3.31. The van der Waals surface area contributed by atoms with Gasteiger partial charge in [-0.15, -0.1) is 0 Å². The molecule has 0 aliphatic carbocycles. The van der Waals surface area contributed by atoms with E-state index in [1.54, 1.807) is 0 Å². The van der Waals surface area contributed by atoms with Gasteiger partial charge < -0.3 is 0 Å². The first-order valence-corrected chi connectivity index (χ1v) is 6.42. The molecule has 0 bridgehead atoms. The molecule has 0 saturated carbocycles. The Bertz CT molecular complexity index is 532. The third-order valence-electron chi connectivity index (χ3n) is 1.45. The molecule has 5 nitrogen and oxygen atoms in total. The highest BCUT2D eigenvalue weighted by atomic mass is 79.9. The summed E-state index contributed by atoms with van der Waals surface area (Å²) in [6.07, 6.45) is 0. The molecule has 0 unspecified atom stereocenters. The normalized spacial score (nSPS) is 11.4. The topological polar surface area (TPSA) is 77.3 Å². The summed E-state index contributed by atoms with van der Waals surface area (Å²) in [4.78, 5) is 8.59. The zero-order chi connectivity index (χ0) is 11.8. The molecule has 0 fully saturated rings. The third-order valence-corrected chi connectivity index (χ3v) is 3.35. The SMILES string of the molecule is O=[N+]([O-])c1cc(Br)c(F)c(S(=O)(=O)Cl)c1. The Morgan fingerprint density at radius 1 is 1.47 bits per heavy atom. The van der Waals surface area contributed by atoms with Crippen LogP contribution in [0.1, 0.15) is 0 Å². The van der Waals surface area contributed by atoms with E-state index in [1.165, 1.54) is 0 Å². The van der Waals surface area contributed by atoms with Crippen molar-refractivity contribution in [2.75, 3.05) is 0 Å². The fourth-order valence-corrected chi connectivity index (χ4v) is 2.33. The average Bonchev–Trinajstić information content (AvgIpc) is 2.06. The number of non-ortho nitro benzene ring substituents is 1. The van der Waals surface area contributed by atoms with E-state index in [4.69, 9.17) is 10.7 Å². The molecule has 0 saturated heterocycles. The quantitative estimate of drug-likeness (QED) is 0.476. The van der Waals surface area contributed by atoms with Crippen LogP contribution in [0, 0.1) is 15.9 Å². The first kappa shape index (κ1) is 12.3. The van der Waals surface area contributed by atoms with Crippen molar-refractivity contribution in [3.05, 3.63) is 32.5 Å². The number of nitro groups is 1. The van der Waals surface area contributed by atoms with E-state index in [-0.39, 0.29) is 4.47 Å². The molecule has 15 heavy (non-hydrogen) atoms. The summed E-state index contributed by atoms with van der Waals surface area (Å²) in [5, 5.41) is 10.4. The van der Waals surface area contributed by atoms with E-state index < -0.39 is 30.4 Å². The zero-order valence-corrected chi connectivity index (χ0v) is 9.94. The fourth-order valence-electron chi connectivity index (χ4n) is 0.833. The largest absolute Gasteiger partial charge is 0.272 e. The first-order chi connectivity index (χ1) is 6.73. The molecule has 82 valence electrons. The van der Waals surface area contributed by atoms with Gasteiger partial charge in [-0.3, -0.25) is 10.1 Å². The van der Waals surface area contributed by atoms with E-state index in [0.29, 0.717) is 6.07 Å². The van der Waals surface area contributed by atoms with Gasteiger partial charge in [-0.25, -0.2) is 12.8 Å². The van der Waals surface area contributed by atoms with Crippen LogP contribution in [0.4, 0.5) is 10.1 Å². The van der Waals surface area contributed by atoms with Gasteiger partial charge in [0, 0.05) is 22.8 Å². The van der Waals surface area contributed by atoms with Gasteiger partial charge in [0.25, 0.3) is 14.7 Å². The van der Waals surface area contributed by atoms with E-state index in [2.05, 4.69) is 15.9 Å². The molecule has 0 aliphatic heterocycles. The lowest BCUT2D eigenvalue weighted by Crippen LogP contribution is -1.99. The smallest absolute Gasteiger partial charge is 0.258 e. The number of hydrogen-bond donors (Lipinski definition) is 0. The molecule has 0 spiro atoms. The molecule has 0 amide bonds. The van der Waals surface area contributed by atoms with Crippen molar-refractivity contribution >= 4 is 41.4 Å². The Morgan fingerprint density at radius 2 is 2.00 bits per heavy atom. The van der Waals surface area contributed by atoms with Crippen molar-refractivity contribution in [3.63, 3.8) is 0 Å². The highest BCUT2D eigenvalue weighted by Crippen LogP contribution is 2.30. The summed E-state index contributed by atoms with van der Waals surface area (Å²) in [6.45, 7) is 0. The van der Waals surface area contributed by atoms with Crippen molar-refractivity contribution < 1.29 is 17.7 Å². The van der Waals surface area contributed by atoms with Crippen LogP contribution >= 0.6 is 26.6 Å². The molecular formula is C6H2BrClFNO4S. The van der Waals surface area contributed by atoms with Gasteiger partial charge in [0.2, 0.25) is 0 Å². The number of benzene rings is 1. The van der Waals surface area contributed by atoms with E-state index in [9.17, 15) is 22.9 Å². The third kappa shape index (κ3) is 2.64. The van der Waals surface area contributed by atoms with Gasteiger partial charge in [-0.2, -0.15) is 0 Å². The van der Waals surface area contributed by atoms with Crippen LogP contribution in [-0.2, 0) is 9.05 Å². The molecule has 0 N–H and O–H groups in total. The summed E-state index contributed by atoms with van der Waals surface area (Å²) in [5.41, 5.74) is -0.567. The van der Waals surface area contributed by atoms with Crippen molar-refractivity contribution in [3.8, 4) is 0 Å². The molecule has 0 aliphatic rings. The maximum Gasteiger partial charge on any atom is 0.272 e. The second-order valence-corrected chi connectivity index (χ2v) is 5.82. The van der Waals surface area contributed by atoms with Crippen molar-refractivity contribution in [2.45, 2.75) is 4.90 Å². The number of nitrogens with zero attached hydrogens (tertiary/aromatic N) is 1. The Kier molecular flexibility index (Phi) is 3.31. The minimum absolute atomic E-state index is 0.337. The molecule has 1 aromatic rings. The van der Waals surface area contributed by atoms with Gasteiger partial charge in [0.1, 0.15) is 4.90 Å². The maximum absolute atomic E-state index is 13.2. The Hall–Kier alpha value is -0.730. The summed E-state index contributed by atoms with van der Waals surface area (Å²) in [5.74, 6) is -1.16. The molecule has 0 heterocycles. The predicted molar refractivity (Wildman–Crippen MR) is 53.8 cm³/mol. The lowest BCUT2D eigenvalue weighted by atomic mass is 10.3. The Morgan fingerprint density at radius 3 is 2.40 bits per heavy atom. The van der Waals surface area contributed by atoms with E-state index in [1.807, 2.05) is 0 Å². The number of nitro benzene ring substituents is 1. The van der Waals surface area contributed by atoms with Crippen LogP contribution < -0.4 is 0 Å². The average molecular weight is 319 g/mol. The Labute approximate surface area is 96.5 Å². The minimum atomic E-state index is -4.35. The molecule has 0 atom stereocenters. The second-order valence-electron chi connectivity index (χ2n) is 2.43. The molecule has 1 rings (SSSR count). The molecule has 9 heteroatoms. The lowest BCUT2D eigenvalue weighted by molar-refractivity contribution is -0.385. The van der Waals surface area contributed by atoms with Crippen LogP contribution in [0.15, 0.2) is 21.5 Å². The lowest BCUT2D eigenvalue weighted by Gasteiger charge is -2.00. The van der Waals surface area contributed by atoms with Crippen LogP contribution in [0.3, 0.4) is 0 Å². The predicted octanol–water partition coefficient (Wildman–Crippen LogP) is 2.42. The van der Waals surface area contributed by atoms with Crippen molar-refractivity contribution in [1.82, 2.24) is 0 Å². The van der Waals surface area contributed by atoms with E-state index >= 15 is 0 Å². The summed E-state index contributed by atoms with van der Waals surface area (Å²) in [7, 11) is 0.552. The van der Waals surface area contributed by atoms with Crippen LogP contribution in [0.5, 0.6) is 0 Å². The van der Waals surface area contributed by atoms with Crippen molar-refractivity contribution in [1.29, 1.82) is 0 Å². The number of hydrogen-bond acceptors (Lipinski definition) is 4. The highest BCUT2D eigenvalue weighted by molar-refractivity contribution is 9.10. The highest BCUT2D eigenvalue weighted by Gasteiger charge is 2.23. The van der Waals surface area contributed by atoms with Gasteiger partial charge in [0.05, 0.1) is 9.40 Å². The van der Waals surface area contributed by atoms with Crippen LogP contribution in [0.25, 0.3) is 0 Å². The minimum Gasteiger partial charge on any atom is -0.258 e. The Balaban J connectivity index is 3.59. The zero-order valence-electron chi connectivity index (χ0n) is 6.78. The molecule has 0 aromatic heterocycles. The monoisotopic (exact) mass is 317 g/mol. The summed E-state index contributed by atoms with van der Waals surface area (Å²) >= 11 is 2.66. The standard InChI is InChI=1S/C6H2BrClFNO4S/c7-4-1-3(10(11)12)2-5(6(4)9)15(8,13)14/h1-2H. The summed E-state index contributed by atoms with van der Waals surface area (Å²) < 4.78 is 34.6. The second kappa shape index (κ2) is 4.03. The maximum atomic E-state index is 13.2. The van der Waals surface area contributed by atoms with E-state index in [0.717, 1.165) is 6.07 Å². The molecule has 1 aromatic carbocycles. The molecular weight excluding hydrogens is 316 g/mol. The fraction of sp³-hybridized carbons (Fsp3) is 0. The van der Waals surface area contributed by atoms with Gasteiger partial charge in [0.15, 0.2) is 5.82 Å². The van der Waals surface area contributed by atoms with Crippen molar-refractivity contribution in [2.24, 2.45) is 0 Å².